The zero-order valence-electron chi connectivity index (χ0n) is 15.4. The van der Waals surface area contributed by atoms with E-state index in [-0.39, 0.29) is 23.2 Å². The number of hydrogen-bond donors (Lipinski definition) is 1. The molecule has 9 nitrogen and oxygen atoms in total. The second-order valence-corrected chi connectivity index (χ2v) is 7.36. The van der Waals surface area contributed by atoms with E-state index >= 15 is 0 Å². The second kappa shape index (κ2) is 6.52. The lowest BCUT2D eigenvalue weighted by Crippen LogP contribution is -2.39. The molecule has 0 radical (unpaired) electrons. The van der Waals surface area contributed by atoms with Gasteiger partial charge in [-0.05, 0) is 25.0 Å². The summed E-state index contributed by atoms with van der Waals surface area (Å²) >= 11 is 0. The van der Waals surface area contributed by atoms with Crippen LogP contribution in [-0.2, 0) is 11.8 Å². The molecule has 5 rings (SSSR count). The smallest absolute Gasteiger partial charge is 0.267 e. The predicted octanol–water partition coefficient (Wildman–Crippen LogP) is 0.815. The van der Waals surface area contributed by atoms with Crippen molar-refractivity contribution in [2.24, 2.45) is 7.05 Å². The van der Waals surface area contributed by atoms with Crippen LogP contribution in [0, 0.1) is 0 Å². The summed E-state index contributed by atoms with van der Waals surface area (Å²) in [6.45, 7) is 0.773. The molecule has 2 fully saturated rings. The fourth-order valence-corrected chi connectivity index (χ4v) is 3.61. The van der Waals surface area contributed by atoms with E-state index < -0.39 is 0 Å². The van der Waals surface area contributed by atoms with Crippen molar-refractivity contribution in [1.29, 1.82) is 0 Å². The summed E-state index contributed by atoms with van der Waals surface area (Å²) in [7, 11) is 1.67. The number of nitrogens with one attached hydrogen (secondary N) is 1. The van der Waals surface area contributed by atoms with E-state index in [2.05, 4.69) is 20.4 Å². The molecule has 9 heteroatoms. The van der Waals surface area contributed by atoms with Gasteiger partial charge in [0.15, 0.2) is 0 Å². The molecule has 0 aromatic carbocycles. The zero-order valence-corrected chi connectivity index (χ0v) is 15.4. The molecule has 0 amide bonds. The lowest BCUT2D eigenvalue weighted by atomic mass is 10.1. The monoisotopic (exact) mass is 380 g/mol. The first-order chi connectivity index (χ1) is 13.6. The van der Waals surface area contributed by atoms with Gasteiger partial charge in [-0.15, -0.1) is 0 Å². The minimum atomic E-state index is -0.271. The molecule has 1 aliphatic carbocycles. The van der Waals surface area contributed by atoms with Gasteiger partial charge in [-0.25, -0.2) is 9.67 Å². The fraction of sp³-hybridized carbons (Fsp3) is 0.421. The zero-order chi connectivity index (χ0) is 19.3. The molecule has 0 bridgehead atoms. The number of ether oxygens (including phenoxy) is 1. The molecule has 3 aromatic rings. The summed E-state index contributed by atoms with van der Waals surface area (Å²) in [5.41, 5.74) is 1.16. The average molecular weight is 380 g/mol. The van der Waals surface area contributed by atoms with Crippen molar-refractivity contribution >= 4 is 16.9 Å². The molecule has 2 aliphatic rings. The fourth-order valence-electron chi connectivity index (χ4n) is 3.61. The van der Waals surface area contributed by atoms with Gasteiger partial charge in [-0.3, -0.25) is 19.1 Å². The van der Waals surface area contributed by atoms with E-state index in [0.717, 1.165) is 18.5 Å². The Bertz CT molecular complexity index is 1170. The highest BCUT2D eigenvalue weighted by Gasteiger charge is 2.33. The minimum Gasteiger partial charge on any atom is -0.377 e. The molecular weight excluding hydrogens is 360 g/mol. The molecule has 1 N–H and O–H groups in total. The summed E-state index contributed by atoms with van der Waals surface area (Å²) in [6.07, 6.45) is 5.37. The van der Waals surface area contributed by atoms with Gasteiger partial charge in [0.1, 0.15) is 6.04 Å². The highest BCUT2D eigenvalue weighted by molar-refractivity contribution is 5.77. The summed E-state index contributed by atoms with van der Waals surface area (Å²) in [5.74, 6) is 0.869. The largest absolute Gasteiger partial charge is 0.377 e. The first kappa shape index (κ1) is 17.1. The first-order valence-corrected chi connectivity index (χ1v) is 9.36. The molecule has 3 aromatic heterocycles. The quantitative estimate of drug-likeness (QED) is 0.714. The van der Waals surface area contributed by atoms with Crippen LogP contribution in [-0.4, -0.2) is 43.6 Å². The molecule has 1 saturated heterocycles. The van der Waals surface area contributed by atoms with E-state index in [1.807, 2.05) is 6.07 Å². The van der Waals surface area contributed by atoms with Gasteiger partial charge < -0.3 is 10.1 Å². The SMILES string of the molecule is Cn1c(NC2COCC2n2nc(C3CC3)ccc2=O)nc2cnccc2c1=O. The number of anilines is 1. The second-order valence-electron chi connectivity index (χ2n) is 7.36. The summed E-state index contributed by atoms with van der Waals surface area (Å²) in [4.78, 5) is 33.6. The third-order valence-corrected chi connectivity index (χ3v) is 5.40. The van der Waals surface area contributed by atoms with Crippen molar-refractivity contribution in [2.45, 2.75) is 30.8 Å². The van der Waals surface area contributed by atoms with Gasteiger partial charge >= 0.3 is 0 Å². The van der Waals surface area contributed by atoms with Crippen LogP contribution < -0.4 is 16.4 Å². The van der Waals surface area contributed by atoms with E-state index in [1.165, 1.54) is 9.25 Å². The third-order valence-electron chi connectivity index (χ3n) is 5.40. The number of aromatic nitrogens is 5. The molecular formula is C19H20N6O3. The maximum absolute atomic E-state index is 12.6. The Morgan fingerprint density at radius 3 is 2.86 bits per heavy atom. The number of rotatable bonds is 4. The van der Waals surface area contributed by atoms with E-state index in [0.29, 0.717) is 36.0 Å². The van der Waals surface area contributed by atoms with Crippen LogP contribution in [0.25, 0.3) is 10.9 Å². The Balaban J connectivity index is 1.50. The molecule has 1 saturated carbocycles. The van der Waals surface area contributed by atoms with Gasteiger partial charge in [-0.1, -0.05) is 0 Å². The van der Waals surface area contributed by atoms with Crippen molar-refractivity contribution in [3.8, 4) is 0 Å². The van der Waals surface area contributed by atoms with Crippen molar-refractivity contribution in [1.82, 2.24) is 24.3 Å². The van der Waals surface area contributed by atoms with E-state index in [9.17, 15) is 9.59 Å². The number of fused-ring (bicyclic) bond motifs is 1. The molecule has 2 atom stereocenters. The third kappa shape index (κ3) is 2.88. The van der Waals surface area contributed by atoms with Gasteiger partial charge in [0.25, 0.3) is 11.1 Å². The summed E-state index contributed by atoms with van der Waals surface area (Å²) < 4.78 is 8.61. The summed E-state index contributed by atoms with van der Waals surface area (Å²) in [5, 5.41) is 8.38. The Hall–Kier alpha value is -3.07. The average Bonchev–Trinajstić information content (AvgIpc) is 3.46. The predicted molar refractivity (Wildman–Crippen MR) is 103 cm³/mol. The van der Waals surface area contributed by atoms with Gasteiger partial charge in [0.05, 0.1) is 42.0 Å². The van der Waals surface area contributed by atoms with Crippen LogP contribution in [0.15, 0.2) is 40.2 Å². The molecule has 4 heterocycles. The van der Waals surface area contributed by atoms with Gasteiger partial charge in [-0.2, -0.15) is 5.10 Å². The molecule has 1 aliphatic heterocycles. The maximum Gasteiger partial charge on any atom is 0.267 e. The van der Waals surface area contributed by atoms with Crippen molar-refractivity contribution < 1.29 is 4.74 Å². The Morgan fingerprint density at radius 2 is 2.04 bits per heavy atom. The maximum atomic E-state index is 12.6. The standard InChI is InChI=1S/C19H20N6O3/c1-24-18(27)12-6-7-20-8-14(12)21-19(24)22-15-9-28-10-16(15)25-17(26)5-4-13(23-25)11-2-3-11/h4-8,11,15-16H,2-3,9-10H2,1H3,(H,21,22). The Kier molecular flexibility index (Phi) is 3.97. The molecule has 0 spiro atoms. The number of nitrogens with zero attached hydrogens (tertiary/aromatic N) is 5. The molecule has 2 unspecified atom stereocenters. The van der Waals surface area contributed by atoms with Gasteiger partial charge in [0, 0.05) is 25.2 Å². The lowest BCUT2D eigenvalue weighted by Gasteiger charge is -2.22. The van der Waals surface area contributed by atoms with Crippen LogP contribution in [0.4, 0.5) is 5.95 Å². The topological polar surface area (TPSA) is 104 Å². The number of hydrogen-bond acceptors (Lipinski definition) is 7. The van der Waals surface area contributed by atoms with Crippen LogP contribution in [0.3, 0.4) is 0 Å². The highest BCUT2D eigenvalue weighted by Crippen LogP contribution is 2.38. The lowest BCUT2D eigenvalue weighted by molar-refractivity contribution is 0.182. The Labute approximate surface area is 160 Å². The van der Waals surface area contributed by atoms with Crippen molar-refractivity contribution in [3.63, 3.8) is 0 Å². The minimum absolute atomic E-state index is 0.156. The summed E-state index contributed by atoms with van der Waals surface area (Å²) in [6, 6.07) is 4.55. The first-order valence-electron chi connectivity index (χ1n) is 9.36. The Morgan fingerprint density at radius 1 is 1.18 bits per heavy atom. The number of pyridine rings is 1. The van der Waals surface area contributed by atoms with Crippen LogP contribution in [0.2, 0.25) is 0 Å². The molecule has 144 valence electrons. The van der Waals surface area contributed by atoms with E-state index in [1.54, 1.807) is 31.6 Å². The van der Waals surface area contributed by atoms with Crippen molar-refractivity contribution in [3.05, 3.63) is 57.0 Å². The highest BCUT2D eigenvalue weighted by atomic mass is 16.5. The van der Waals surface area contributed by atoms with Crippen LogP contribution >= 0.6 is 0 Å². The van der Waals surface area contributed by atoms with Crippen LogP contribution in [0.1, 0.15) is 30.5 Å². The molecule has 28 heavy (non-hydrogen) atoms. The van der Waals surface area contributed by atoms with Gasteiger partial charge in [0.2, 0.25) is 5.95 Å². The van der Waals surface area contributed by atoms with Crippen LogP contribution in [0.5, 0.6) is 0 Å². The van der Waals surface area contributed by atoms with E-state index in [4.69, 9.17) is 4.74 Å². The normalized spacial score (nSPS) is 21.9. The van der Waals surface area contributed by atoms with Crippen molar-refractivity contribution in [2.75, 3.05) is 18.5 Å².